The molecule has 3 aliphatic rings. The van der Waals surface area contributed by atoms with Gasteiger partial charge in [0.2, 0.25) is 11.9 Å². The summed E-state index contributed by atoms with van der Waals surface area (Å²) in [5.41, 5.74) is 3.80. The Morgan fingerprint density at radius 1 is 1.24 bits per heavy atom. The van der Waals surface area contributed by atoms with Crippen LogP contribution in [0.15, 0.2) is 34.3 Å². The van der Waals surface area contributed by atoms with Crippen LogP contribution in [0, 0.1) is 15.5 Å². The summed E-state index contributed by atoms with van der Waals surface area (Å²) in [5, 5.41) is 14.7. The van der Waals surface area contributed by atoms with Gasteiger partial charge in [-0.25, -0.2) is 0 Å². The van der Waals surface area contributed by atoms with E-state index < -0.39 is 27.2 Å². The van der Waals surface area contributed by atoms with Crippen molar-refractivity contribution >= 4 is 34.8 Å². The molecule has 1 aromatic carbocycles. The molecule has 1 aromatic heterocycles. The highest BCUT2D eigenvalue weighted by atomic mass is 16.6. The van der Waals surface area contributed by atoms with E-state index in [0.717, 1.165) is 0 Å². The summed E-state index contributed by atoms with van der Waals surface area (Å²) in [7, 11) is 0. The second kappa shape index (κ2) is 6.50. The third-order valence-corrected chi connectivity index (χ3v) is 6.60. The van der Waals surface area contributed by atoms with Gasteiger partial charge >= 0.3 is 0 Å². The molecule has 11 nitrogen and oxygen atoms in total. The minimum absolute atomic E-state index is 0.0734. The van der Waals surface area contributed by atoms with E-state index in [4.69, 9.17) is 5.73 Å². The molecule has 1 amide bonds. The molecule has 3 heterocycles. The van der Waals surface area contributed by atoms with E-state index in [1.807, 2.05) is 13.8 Å². The topological polar surface area (TPSA) is 164 Å². The molecule has 1 spiro atoms. The number of ketones is 1. The summed E-state index contributed by atoms with van der Waals surface area (Å²) in [6, 6.07) is 4.08. The van der Waals surface area contributed by atoms with Crippen LogP contribution in [0.2, 0.25) is 0 Å². The van der Waals surface area contributed by atoms with Crippen LogP contribution in [0.1, 0.15) is 44.7 Å². The summed E-state index contributed by atoms with van der Waals surface area (Å²) in [6.07, 6.45) is 0.585. The molecule has 2 aromatic rings. The number of nitrogens with one attached hydrogen (secondary N) is 2. The van der Waals surface area contributed by atoms with Crippen molar-refractivity contribution < 1.29 is 14.5 Å². The summed E-state index contributed by atoms with van der Waals surface area (Å²) in [4.78, 5) is 60.2. The van der Waals surface area contributed by atoms with E-state index in [1.54, 1.807) is 6.92 Å². The van der Waals surface area contributed by atoms with Gasteiger partial charge in [0.25, 0.3) is 11.2 Å². The van der Waals surface area contributed by atoms with E-state index in [0.29, 0.717) is 17.8 Å². The monoisotopic (exact) mass is 450 g/mol. The number of hydrogen-bond donors (Lipinski definition) is 3. The second-order valence-electron chi connectivity index (χ2n) is 9.35. The van der Waals surface area contributed by atoms with Crippen LogP contribution in [0.25, 0.3) is 0 Å². The first-order valence-electron chi connectivity index (χ1n) is 10.6. The maximum absolute atomic E-state index is 14.1. The molecule has 0 saturated heterocycles. The third-order valence-electron chi connectivity index (χ3n) is 6.60. The van der Waals surface area contributed by atoms with Crippen molar-refractivity contribution in [3.8, 4) is 0 Å². The van der Waals surface area contributed by atoms with Crippen molar-refractivity contribution in [1.29, 1.82) is 0 Å². The van der Waals surface area contributed by atoms with E-state index in [1.165, 1.54) is 23.1 Å². The fourth-order valence-electron chi connectivity index (χ4n) is 5.46. The minimum Gasteiger partial charge on any atom is -0.369 e. The predicted molar refractivity (Wildman–Crippen MR) is 120 cm³/mol. The number of carbonyl (C=O) groups excluding carboxylic acids is 2. The maximum Gasteiger partial charge on any atom is 0.269 e. The van der Waals surface area contributed by atoms with E-state index >= 15 is 0 Å². The number of amides is 1. The average molecular weight is 450 g/mol. The van der Waals surface area contributed by atoms with Gasteiger partial charge in [-0.3, -0.25) is 29.5 Å². The Morgan fingerprint density at radius 3 is 2.64 bits per heavy atom. The summed E-state index contributed by atoms with van der Waals surface area (Å²) >= 11 is 0. The fraction of sp³-hybridized carbons (Fsp3) is 0.364. The second-order valence-corrected chi connectivity index (χ2v) is 9.35. The number of hydrogen-bond acceptors (Lipinski definition) is 8. The molecule has 2 aliphatic heterocycles. The lowest BCUT2D eigenvalue weighted by Crippen LogP contribution is -2.52. The van der Waals surface area contributed by atoms with Crippen molar-refractivity contribution in [3.63, 3.8) is 0 Å². The number of carbonyl (C=O) groups is 2. The lowest BCUT2D eigenvalue weighted by molar-refractivity contribution is -0.384. The van der Waals surface area contributed by atoms with Crippen molar-refractivity contribution in [3.05, 3.63) is 61.1 Å². The first-order valence-corrected chi connectivity index (χ1v) is 10.6. The number of rotatable bonds is 2. The smallest absolute Gasteiger partial charge is 0.269 e. The summed E-state index contributed by atoms with van der Waals surface area (Å²) in [5.74, 6) is -0.881. The number of non-ortho nitro benzene ring substituents is 1. The lowest BCUT2D eigenvalue weighted by Gasteiger charge is -2.42. The van der Waals surface area contributed by atoms with Crippen LogP contribution in [0.3, 0.4) is 0 Å². The number of nitrogens with two attached hydrogens (primary N) is 1. The molecule has 11 heteroatoms. The number of nitrogen functional groups attached to an aromatic ring is 1. The number of aromatic nitrogens is 2. The molecule has 1 unspecified atom stereocenters. The Labute approximate surface area is 187 Å². The quantitative estimate of drug-likeness (QED) is 0.462. The standard InChI is InChI=1S/C22H22N6O5/c1-4-27-13-6-5-10(28(32)33)7-11(13)22(19(27)31)15-12(8-21(2,3)9-14(15)29)24-17-16(22)18(30)26-20(23)25-17/h5-7H,4,8-9H2,1-3H3,(H4,23,24,25,26,30). The Hall–Kier alpha value is -4.02. The zero-order chi connectivity index (χ0) is 23.9. The van der Waals surface area contributed by atoms with Crippen molar-refractivity contribution in [2.24, 2.45) is 5.41 Å². The number of allylic oxidation sites excluding steroid dienone is 1. The largest absolute Gasteiger partial charge is 0.369 e. The number of aromatic amines is 1. The first-order chi connectivity index (χ1) is 15.5. The molecule has 0 fully saturated rings. The lowest BCUT2D eigenvalue weighted by atomic mass is 9.61. The fourth-order valence-corrected chi connectivity index (χ4v) is 5.46. The molecular weight excluding hydrogens is 428 g/mol. The van der Waals surface area contributed by atoms with Crippen LogP contribution in [-0.2, 0) is 15.0 Å². The van der Waals surface area contributed by atoms with Gasteiger partial charge in [-0.1, -0.05) is 13.8 Å². The normalized spacial score (nSPS) is 22.7. The van der Waals surface area contributed by atoms with Gasteiger partial charge in [0.15, 0.2) is 5.78 Å². The van der Waals surface area contributed by atoms with Gasteiger partial charge in [-0.15, -0.1) is 0 Å². The number of Topliss-reactive ketones (excluding diaryl/α,β-unsaturated/α-hetero) is 1. The highest BCUT2D eigenvalue weighted by Crippen LogP contribution is 2.57. The molecule has 4 N–H and O–H groups in total. The van der Waals surface area contributed by atoms with E-state index in [9.17, 15) is 24.5 Å². The van der Waals surface area contributed by atoms with E-state index in [-0.39, 0.29) is 52.9 Å². The van der Waals surface area contributed by atoms with Gasteiger partial charge in [-0.05, 0) is 24.8 Å². The SMILES string of the molecule is CCN1C(=O)C2(C3=C(CC(C)(C)CC3=O)Nc3nc(N)[nH]c(=O)c32)c2cc([N+](=O)[O-])ccc21. The number of nitro groups is 1. The summed E-state index contributed by atoms with van der Waals surface area (Å²) < 4.78 is 0. The number of anilines is 3. The Morgan fingerprint density at radius 2 is 1.97 bits per heavy atom. The zero-order valence-corrected chi connectivity index (χ0v) is 18.3. The summed E-state index contributed by atoms with van der Waals surface area (Å²) in [6.45, 7) is 5.88. The molecule has 170 valence electrons. The van der Waals surface area contributed by atoms with E-state index in [2.05, 4.69) is 15.3 Å². The number of benzene rings is 1. The predicted octanol–water partition coefficient (Wildman–Crippen LogP) is 1.98. The molecule has 5 rings (SSSR count). The van der Waals surface area contributed by atoms with Crippen LogP contribution < -0.4 is 21.5 Å². The molecule has 33 heavy (non-hydrogen) atoms. The molecule has 1 atom stereocenters. The molecule has 0 radical (unpaired) electrons. The Bertz CT molecular complexity index is 1370. The minimum atomic E-state index is -1.85. The highest BCUT2D eigenvalue weighted by molar-refractivity contribution is 6.21. The zero-order valence-electron chi connectivity index (χ0n) is 18.3. The highest BCUT2D eigenvalue weighted by Gasteiger charge is 2.62. The number of H-pyrrole nitrogens is 1. The van der Waals surface area contributed by atoms with Crippen molar-refractivity contribution in [1.82, 2.24) is 9.97 Å². The van der Waals surface area contributed by atoms with Gasteiger partial charge in [-0.2, -0.15) is 4.98 Å². The van der Waals surface area contributed by atoms with Crippen molar-refractivity contribution in [2.45, 2.75) is 39.0 Å². The number of nitro benzene ring substituents is 1. The Balaban J connectivity index is 1.97. The third kappa shape index (κ3) is 2.62. The van der Waals surface area contributed by atoms with Gasteiger partial charge in [0.1, 0.15) is 11.2 Å². The average Bonchev–Trinajstić information content (AvgIpc) is 2.93. The van der Waals surface area contributed by atoms with Crippen LogP contribution >= 0.6 is 0 Å². The number of nitrogens with zero attached hydrogens (tertiary/aromatic N) is 3. The number of likely N-dealkylation sites (N-methyl/N-ethyl adjacent to an activating group) is 1. The van der Waals surface area contributed by atoms with Crippen molar-refractivity contribution in [2.75, 3.05) is 22.5 Å². The van der Waals surface area contributed by atoms with Crippen LogP contribution in [0.5, 0.6) is 0 Å². The van der Waals surface area contributed by atoms with Gasteiger partial charge < -0.3 is 16.0 Å². The van der Waals surface area contributed by atoms with Crippen LogP contribution in [0.4, 0.5) is 23.1 Å². The van der Waals surface area contributed by atoms with Gasteiger partial charge in [0.05, 0.1) is 10.5 Å². The number of fused-ring (bicyclic) bond motifs is 5. The first kappa shape index (κ1) is 20.9. The van der Waals surface area contributed by atoms with Gasteiger partial charge in [0, 0.05) is 47.6 Å². The molecular formula is C22H22N6O5. The Kier molecular flexibility index (Phi) is 4.11. The molecule has 0 saturated carbocycles. The molecule has 1 aliphatic carbocycles. The maximum atomic E-state index is 14.1. The molecule has 0 bridgehead atoms. The van der Waals surface area contributed by atoms with Crippen LogP contribution in [-0.4, -0.2) is 33.1 Å².